The first-order valence-electron chi connectivity index (χ1n) is 12.7. The Hall–Kier alpha value is -3.15. The second-order valence-electron chi connectivity index (χ2n) is 10.7. The molecule has 0 aromatic heterocycles. The van der Waals surface area contributed by atoms with Crippen molar-refractivity contribution in [1.82, 2.24) is 10.2 Å². The molecule has 4 bridgehead atoms. The average Bonchev–Trinajstić information content (AvgIpc) is 3.06. The van der Waals surface area contributed by atoms with Crippen molar-refractivity contribution in [3.05, 3.63) is 102 Å². The van der Waals surface area contributed by atoms with Gasteiger partial charge in [0.2, 0.25) is 5.91 Å². The highest BCUT2D eigenvalue weighted by Crippen LogP contribution is 2.56. The normalized spacial score (nSPS) is 28.7. The number of carbonyl (C=O) groups excluding carboxylic acids is 1. The maximum Gasteiger partial charge on any atom is 0.222 e. The first-order chi connectivity index (χ1) is 17.0. The minimum absolute atomic E-state index is 0.0613. The van der Waals surface area contributed by atoms with Gasteiger partial charge in [0.1, 0.15) is 5.75 Å². The third-order valence-corrected chi connectivity index (χ3v) is 8.80. The third kappa shape index (κ3) is 3.83. The molecule has 4 N–H and O–H groups in total. The highest BCUT2D eigenvalue weighted by molar-refractivity contribution is 5.78. The number of fused-ring (bicyclic) bond motifs is 1. The number of primary amides is 1. The molecule has 35 heavy (non-hydrogen) atoms. The summed E-state index contributed by atoms with van der Waals surface area (Å²) in [5.41, 5.74) is 9.69. The summed E-state index contributed by atoms with van der Waals surface area (Å²) in [6.45, 7) is 1.58. The van der Waals surface area contributed by atoms with Gasteiger partial charge in [0.15, 0.2) is 0 Å². The zero-order valence-electron chi connectivity index (χ0n) is 19.9. The quantitative estimate of drug-likeness (QED) is 0.497. The Morgan fingerprint density at radius 3 is 2.09 bits per heavy atom. The minimum atomic E-state index is -0.170. The van der Waals surface area contributed by atoms with E-state index in [9.17, 15) is 9.90 Å². The van der Waals surface area contributed by atoms with Gasteiger partial charge in [-0.05, 0) is 66.5 Å². The van der Waals surface area contributed by atoms with E-state index in [4.69, 9.17) is 5.73 Å². The highest BCUT2D eigenvalue weighted by atomic mass is 16.3. The molecule has 5 unspecified atom stereocenters. The number of hydrogen-bond acceptors (Lipinski definition) is 4. The number of rotatable bonds is 7. The van der Waals surface area contributed by atoms with Crippen LogP contribution < -0.4 is 11.1 Å². The molecule has 1 amide bonds. The number of carbonyl (C=O) groups is 1. The molecule has 0 spiro atoms. The van der Waals surface area contributed by atoms with Crippen molar-refractivity contribution in [1.29, 1.82) is 0 Å². The van der Waals surface area contributed by atoms with Crippen LogP contribution in [0.2, 0.25) is 0 Å². The van der Waals surface area contributed by atoms with E-state index in [1.165, 1.54) is 11.1 Å². The molecule has 4 aliphatic rings. The Morgan fingerprint density at radius 2 is 1.51 bits per heavy atom. The summed E-state index contributed by atoms with van der Waals surface area (Å²) >= 11 is 0. The number of piperidine rings is 2. The van der Waals surface area contributed by atoms with Crippen LogP contribution in [-0.2, 0) is 24.2 Å². The Kier molecular flexibility index (Phi) is 5.62. The van der Waals surface area contributed by atoms with E-state index < -0.39 is 0 Å². The first kappa shape index (κ1) is 22.3. The molecule has 3 heterocycles. The van der Waals surface area contributed by atoms with E-state index in [0.29, 0.717) is 5.92 Å². The van der Waals surface area contributed by atoms with Crippen molar-refractivity contribution in [2.45, 2.75) is 43.4 Å². The Balaban J connectivity index is 1.50. The Bertz CT molecular complexity index is 1140. The lowest BCUT2D eigenvalue weighted by atomic mass is 9.62. The maximum absolute atomic E-state index is 12.8. The molecule has 5 atom stereocenters. The van der Waals surface area contributed by atoms with Gasteiger partial charge in [0.25, 0.3) is 0 Å². The number of amides is 1. The van der Waals surface area contributed by atoms with Crippen LogP contribution in [0.4, 0.5) is 0 Å². The molecule has 1 aliphatic carbocycles. The Labute approximate surface area is 207 Å². The van der Waals surface area contributed by atoms with Crippen molar-refractivity contribution in [3.63, 3.8) is 0 Å². The van der Waals surface area contributed by atoms with Crippen LogP contribution in [0.3, 0.4) is 0 Å². The summed E-state index contributed by atoms with van der Waals surface area (Å²) in [6.07, 6.45) is 2.85. The SMILES string of the molecule is NC(=O)C1C2CNC3C1N(Cc1ccc(O)cc1)C(Cc1ccccc1)(Cc1ccccc1)C3C2. The molecule has 1 saturated carbocycles. The predicted octanol–water partition coefficient (Wildman–Crippen LogP) is 3.51. The van der Waals surface area contributed by atoms with Crippen LogP contribution in [0.5, 0.6) is 5.75 Å². The summed E-state index contributed by atoms with van der Waals surface area (Å²) in [7, 11) is 0. The molecule has 180 valence electrons. The molecule has 4 fully saturated rings. The first-order valence-corrected chi connectivity index (χ1v) is 12.7. The van der Waals surface area contributed by atoms with E-state index in [2.05, 4.69) is 70.9 Å². The molecule has 7 rings (SSSR count). The number of nitrogens with two attached hydrogens (primary N) is 1. The number of nitrogens with zero attached hydrogens (tertiary/aromatic N) is 1. The summed E-state index contributed by atoms with van der Waals surface area (Å²) < 4.78 is 0. The van der Waals surface area contributed by atoms with Crippen molar-refractivity contribution in [2.75, 3.05) is 6.54 Å². The van der Waals surface area contributed by atoms with Crippen molar-refractivity contribution >= 4 is 5.91 Å². The zero-order valence-corrected chi connectivity index (χ0v) is 19.9. The van der Waals surface area contributed by atoms with E-state index >= 15 is 0 Å². The second-order valence-corrected chi connectivity index (χ2v) is 10.7. The fourth-order valence-electron chi connectivity index (χ4n) is 7.46. The van der Waals surface area contributed by atoms with Crippen LogP contribution in [0.1, 0.15) is 23.1 Å². The van der Waals surface area contributed by atoms with Crippen LogP contribution >= 0.6 is 0 Å². The number of aromatic hydroxyl groups is 1. The largest absolute Gasteiger partial charge is 0.508 e. The van der Waals surface area contributed by atoms with E-state index in [1.54, 1.807) is 12.1 Å². The summed E-state index contributed by atoms with van der Waals surface area (Å²) in [5, 5.41) is 13.7. The van der Waals surface area contributed by atoms with Gasteiger partial charge in [-0.1, -0.05) is 72.8 Å². The molecular formula is C30H33N3O2. The van der Waals surface area contributed by atoms with Crippen LogP contribution in [0.15, 0.2) is 84.9 Å². The minimum Gasteiger partial charge on any atom is -0.508 e. The molecule has 3 saturated heterocycles. The number of phenols is 1. The van der Waals surface area contributed by atoms with Gasteiger partial charge in [-0.15, -0.1) is 0 Å². The van der Waals surface area contributed by atoms with Crippen LogP contribution in [0.25, 0.3) is 0 Å². The molecule has 3 aromatic carbocycles. The summed E-state index contributed by atoms with van der Waals surface area (Å²) in [4.78, 5) is 15.5. The Morgan fingerprint density at radius 1 is 0.914 bits per heavy atom. The fourth-order valence-corrected chi connectivity index (χ4v) is 7.46. The molecule has 3 aromatic rings. The van der Waals surface area contributed by atoms with Gasteiger partial charge in [-0.2, -0.15) is 0 Å². The summed E-state index contributed by atoms with van der Waals surface area (Å²) in [5.74, 6) is 0.631. The third-order valence-electron chi connectivity index (χ3n) is 8.80. The predicted molar refractivity (Wildman–Crippen MR) is 137 cm³/mol. The molecule has 5 heteroatoms. The molecular weight excluding hydrogens is 434 g/mol. The van der Waals surface area contributed by atoms with Crippen molar-refractivity contribution in [3.8, 4) is 5.75 Å². The average molecular weight is 468 g/mol. The van der Waals surface area contributed by atoms with Gasteiger partial charge in [-0.3, -0.25) is 9.69 Å². The highest BCUT2D eigenvalue weighted by Gasteiger charge is 2.66. The maximum atomic E-state index is 12.8. The van der Waals surface area contributed by atoms with E-state index in [-0.39, 0.29) is 41.1 Å². The number of hydrogen-bond donors (Lipinski definition) is 3. The lowest BCUT2D eigenvalue weighted by molar-refractivity contribution is -0.129. The van der Waals surface area contributed by atoms with E-state index in [1.807, 2.05) is 12.1 Å². The molecule has 0 radical (unpaired) electrons. The van der Waals surface area contributed by atoms with Gasteiger partial charge in [0.05, 0.1) is 5.92 Å². The number of benzene rings is 3. The standard InChI is InChI=1S/C30H33N3O2/c31-29(35)26-23-15-25-27(32-18-23)28(26)33(19-22-11-13-24(34)14-12-22)30(25,16-20-7-3-1-4-8-20)17-21-9-5-2-6-10-21/h1-14,23,25-28,32,34H,15-19H2,(H2,31,35). The lowest BCUT2D eigenvalue weighted by Crippen LogP contribution is -2.64. The molecule has 3 aliphatic heterocycles. The van der Waals surface area contributed by atoms with Gasteiger partial charge < -0.3 is 16.2 Å². The zero-order chi connectivity index (χ0) is 24.0. The number of likely N-dealkylation sites (tertiary alicyclic amines) is 1. The van der Waals surface area contributed by atoms with Crippen molar-refractivity contribution < 1.29 is 9.90 Å². The van der Waals surface area contributed by atoms with Gasteiger partial charge >= 0.3 is 0 Å². The monoisotopic (exact) mass is 467 g/mol. The second kappa shape index (κ2) is 8.81. The fraction of sp³-hybridized carbons (Fsp3) is 0.367. The topological polar surface area (TPSA) is 78.6 Å². The lowest BCUT2D eigenvalue weighted by Gasteiger charge is -2.48. The number of nitrogens with one attached hydrogen (secondary N) is 1. The van der Waals surface area contributed by atoms with Crippen molar-refractivity contribution in [2.24, 2.45) is 23.5 Å². The van der Waals surface area contributed by atoms with Crippen LogP contribution in [-0.4, -0.2) is 40.1 Å². The summed E-state index contributed by atoms with van der Waals surface area (Å²) in [6, 6.07) is 29.3. The van der Waals surface area contributed by atoms with E-state index in [0.717, 1.165) is 37.9 Å². The van der Waals surface area contributed by atoms with Crippen LogP contribution in [0, 0.1) is 17.8 Å². The van der Waals surface area contributed by atoms with Gasteiger partial charge in [-0.25, -0.2) is 0 Å². The smallest absolute Gasteiger partial charge is 0.222 e. The van der Waals surface area contributed by atoms with Gasteiger partial charge in [0, 0.05) is 24.2 Å². The number of phenolic OH excluding ortho intramolecular Hbond substituents is 1. The molecule has 5 nitrogen and oxygen atoms in total.